The van der Waals surface area contributed by atoms with Gasteiger partial charge >= 0.3 is 5.97 Å². The molecule has 0 spiro atoms. The van der Waals surface area contributed by atoms with E-state index in [0.29, 0.717) is 17.1 Å². The van der Waals surface area contributed by atoms with Crippen LogP contribution < -0.4 is 15.0 Å². The standard InChI is InChI=1S/C29H29BrN2O5/c1-17-5-8-25(13-18(17)2)37-24-9-6-23(7-10-24)32-15-21(14-27(32)34)29(35)36-16-26(33)31-22-11-19(3)28(30)20(4)12-22/h5-13,21H,14-16H2,1-4H3,(H,31,33)/t21-/m0/s1. The van der Waals surface area contributed by atoms with Crippen molar-refractivity contribution in [1.82, 2.24) is 0 Å². The van der Waals surface area contributed by atoms with Crippen LogP contribution in [-0.2, 0) is 19.1 Å². The lowest BCUT2D eigenvalue weighted by Gasteiger charge is -2.17. The number of carbonyl (C=O) groups is 3. The second-order valence-electron chi connectivity index (χ2n) is 9.33. The minimum absolute atomic E-state index is 0.0342. The predicted octanol–water partition coefficient (Wildman–Crippen LogP) is 6.01. The van der Waals surface area contributed by atoms with Gasteiger partial charge in [-0.15, -0.1) is 0 Å². The molecule has 0 bridgehead atoms. The van der Waals surface area contributed by atoms with Gasteiger partial charge < -0.3 is 19.7 Å². The first-order chi connectivity index (χ1) is 17.6. The highest BCUT2D eigenvalue weighted by atomic mass is 79.9. The SMILES string of the molecule is Cc1ccc(Oc2ccc(N3C[C@@H](C(=O)OCC(=O)Nc4cc(C)c(Br)c(C)c4)CC3=O)cc2)cc1C. The van der Waals surface area contributed by atoms with Gasteiger partial charge in [0.2, 0.25) is 5.91 Å². The van der Waals surface area contributed by atoms with Gasteiger partial charge in [-0.3, -0.25) is 14.4 Å². The maximum absolute atomic E-state index is 12.6. The Balaban J connectivity index is 1.30. The van der Waals surface area contributed by atoms with E-state index >= 15 is 0 Å². The molecule has 3 aromatic carbocycles. The largest absolute Gasteiger partial charge is 0.457 e. The van der Waals surface area contributed by atoms with E-state index in [1.54, 1.807) is 29.2 Å². The Hall–Kier alpha value is -3.65. The molecule has 7 nitrogen and oxygen atoms in total. The van der Waals surface area contributed by atoms with E-state index in [1.807, 2.05) is 58.0 Å². The predicted molar refractivity (Wildman–Crippen MR) is 146 cm³/mol. The number of anilines is 2. The van der Waals surface area contributed by atoms with Crippen molar-refractivity contribution in [2.24, 2.45) is 5.92 Å². The molecule has 1 N–H and O–H groups in total. The monoisotopic (exact) mass is 564 g/mol. The molecule has 0 saturated carbocycles. The molecule has 0 aromatic heterocycles. The van der Waals surface area contributed by atoms with Crippen LogP contribution in [0.25, 0.3) is 0 Å². The van der Waals surface area contributed by atoms with Gasteiger partial charge in [-0.25, -0.2) is 0 Å². The maximum atomic E-state index is 12.6. The molecule has 1 aliphatic heterocycles. The van der Waals surface area contributed by atoms with E-state index in [2.05, 4.69) is 21.2 Å². The third-order valence-corrected chi connectivity index (χ3v) is 7.64. The summed E-state index contributed by atoms with van der Waals surface area (Å²) < 4.78 is 12.1. The van der Waals surface area contributed by atoms with Crippen LogP contribution in [0.2, 0.25) is 0 Å². The summed E-state index contributed by atoms with van der Waals surface area (Å²) in [6, 6.07) is 16.7. The van der Waals surface area contributed by atoms with Crippen molar-refractivity contribution >= 4 is 45.1 Å². The number of benzene rings is 3. The van der Waals surface area contributed by atoms with E-state index in [1.165, 1.54) is 5.56 Å². The van der Waals surface area contributed by atoms with Gasteiger partial charge in [0.15, 0.2) is 6.61 Å². The number of nitrogens with one attached hydrogen (secondary N) is 1. The summed E-state index contributed by atoms with van der Waals surface area (Å²) in [6.45, 7) is 7.72. The Morgan fingerprint density at radius 1 is 0.919 bits per heavy atom. The van der Waals surface area contributed by atoms with E-state index in [4.69, 9.17) is 9.47 Å². The Bertz CT molecular complexity index is 1330. The van der Waals surface area contributed by atoms with Crippen LogP contribution in [0.4, 0.5) is 11.4 Å². The second kappa shape index (κ2) is 11.2. The topological polar surface area (TPSA) is 84.9 Å². The van der Waals surface area contributed by atoms with Gasteiger partial charge in [-0.05, 0) is 98.5 Å². The molecule has 1 heterocycles. The van der Waals surface area contributed by atoms with Gasteiger partial charge in [0.25, 0.3) is 5.91 Å². The summed E-state index contributed by atoms with van der Waals surface area (Å²) in [4.78, 5) is 39.0. The van der Waals surface area contributed by atoms with Crippen LogP contribution in [0.5, 0.6) is 11.5 Å². The number of carbonyl (C=O) groups excluding carboxylic acids is 3. The fraction of sp³-hybridized carbons (Fsp3) is 0.276. The quantitative estimate of drug-likeness (QED) is 0.355. The maximum Gasteiger partial charge on any atom is 0.311 e. The highest BCUT2D eigenvalue weighted by Crippen LogP contribution is 2.30. The number of amides is 2. The Kier molecular flexibility index (Phi) is 7.97. The third kappa shape index (κ3) is 6.38. The van der Waals surface area contributed by atoms with Gasteiger partial charge in [0.1, 0.15) is 11.5 Å². The molecule has 0 aliphatic carbocycles. The lowest BCUT2D eigenvalue weighted by molar-refractivity contribution is -0.151. The molecule has 2 amide bonds. The first-order valence-electron chi connectivity index (χ1n) is 12.0. The highest BCUT2D eigenvalue weighted by molar-refractivity contribution is 9.10. The number of hydrogen-bond donors (Lipinski definition) is 1. The minimum Gasteiger partial charge on any atom is -0.457 e. The van der Waals surface area contributed by atoms with Crippen LogP contribution >= 0.6 is 15.9 Å². The lowest BCUT2D eigenvalue weighted by Crippen LogP contribution is -2.28. The van der Waals surface area contributed by atoms with Crippen LogP contribution in [-0.4, -0.2) is 30.9 Å². The second-order valence-corrected chi connectivity index (χ2v) is 10.1. The molecule has 0 unspecified atom stereocenters. The van der Waals surface area contributed by atoms with Gasteiger partial charge in [0, 0.05) is 28.8 Å². The van der Waals surface area contributed by atoms with Crippen LogP contribution in [0.1, 0.15) is 28.7 Å². The summed E-state index contributed by atoms with van der Waals surface area (Å²) in [5.74, 6) is -0.417. The zero-order chi connectivity index (χ0) is 26.7. The summed E-state index contributed by atoms with van der Waals surface area (Å²) in [5.41, 5.74) is 5.62. The van der Waals surface area contributed by atoms with Crippen molar-refractivity contribution in [1.29, 1.82) is 0 Å². The van der Waals surface area contributed by atoms with E-state index in [-0.39, 0.29) is 18.9 Å². The smallest absolute Gasteiger partial charge is 0.311 e. The first kappa shape index (κ1) is 26.4. The summed E-state index contributed by atoms with van der Waals surface area (Å²) >= 11 is 3.49. The number of nitrogens with zero attached hydrogens (tertiary/aromatic N) is 1. The van der Waals surface area contributed by atoms with Gasteiger partial charge in [-0.2, -0.15) is 0 Å². The Morgan fingerprint density at radius 3 is 2.22 bits per heavy atom. The number of aryl methyl sites for hydroxylation is 4. The van der Waals surface area contributed by atoms with Crippen molar-refractivity contribution in [3.8, 4) is 11.5 Å². The van der Waals surface area contributed by atoms with Crippen molar-refractivity contribution < 1.29 is 23.9 Å². The normalized spacial score (nSPS) is 15.0. The number of esters is 1. The molecule has 192 valence electrons. The number of ether oxygens (including phenoxy) is 2. The third-order valence-electron chi connectivity index (χ3n) is 6.39. The minimum atomic E-state index is -0.635. The fourth-order valence-corrected chi connectivity index (χ4v) is 4.42. The molecule has 0 radical (unpaired) electrons. The number of rotatable bonds is 7. The Labute approximate surface area is 224 Å². The van der Waals surface area contributed by atoms with E-state index in [9.17, 15) is 14.4 Å². The average molecular weight is 565 g/mol. The van der Waals surface area contributed by atoms with Crippen molar-refractivity contribution in [2.45, 2.75) is 34.1 Å². The van der Waals surface area contributed by atoms with Crippen molar-refractivity contribution in [2.75, 3.05) is 23.4 Å². The molecule has 1 fully saturated rings. The first-order valence-corrected chi connectivity index (χ1v) is 12.8. The van der Waals surface area contributed by atoms with E-state index in [0.717, 1.165) is 26.9 Å². The molecule has 1 aliphatic rings. The zero-order valence-electron chi connectivity index (χ0n) is 21.3. The van der Waals surface area contributed by atoms with Gasteiger partial charge in [-0.1, -0.05) is 22.0 Å². The fourth-order valence-electron chi connectivity index (χ4n) is 4.19. The van der Waals surface area contributed by atoms with Crippen LogP contribution in [0.3, 0.4) is 0 Å². The number of hydrogen-bond acceptors (Lipinski definition) is 5. The van der Waals surface area contributed by atoms with Crippen LogP contribution in [0, 0.1) is 33.6 Å². The molecule has 3 aromatic rings. The highest BCUT2D eigenvalue weighted by Gasteiger charge is 2.36. The molecular formula is C29H29BrN2O5. The van der Waals surface area contributed by atoms with Crippen LogP contribution in [0.15, 0.2) is 59.1 Å². The summed E-state index contributed by atoms with van der Waals surface area (Å²) in [7, 11) is 0. The summed E-state index contributed by atoms with van der Waals surface area (Å²) in [5, 5.41) is 2.74. The lowest BCUT2D eigenvalue weighted by atomic mass is 10.1. The summed E-state index contributed by atoms with van der Waals surface area (Å²) in [6.07, 6.45) is 0.0342. The number of halogens is 1. The van der Waals surface area contributed by atoms with E-state index < -0.39 is 24.4 Å². The molecular weight excluding hydrogens is 536 g/mol. The van der Waals surface area contributed by atoms with Crippen molar-refractivity contribution in [3.63, 3.8) is 0 Å². The molecule has 4 rings (SSSR count). The molecule has 37 heavy (non-hydrogen) atoms. The molecule has 8 heteroatoms. The zero-order valence-corrected chi connectivity index (χ0v) is 22.8. The average Bonchev–Trinajstić information content (AvgIpc) is 3.25. The molecule has 1 atom stereocenters. The Morgan fingerprint density at radius 2 is 1.57 bits per heavy atom. The van der Waals surface area contributed by atoms with Crippen molar-refractivity contribution in [3.05, 3.63) is 81.3 Å². The molecule has 1 saturated heterocycles. The van der Waals surface area contributed by atoms with Gasteiger partial charge in [0.05, 0.1) is 5.92 Å².